The number of nitrogens with zero attached hydrogens (tertiary/aromatic N) is 3. The van der Waals surface area contributed by atoms with Gasteiger partial charge in [-0.05, 0) is 38.8 Å². The molecule has 3 heterocycles. The van der Waals surface area contributed by atoms with Crippen LogP contribution >= 0.6 is 0 Å². The van der Waals surface area contributed by atoms with Crippen molar-refractivity contribution in [2.45, 2.75) is 39.2 Å². The second-order valence-corrected chi connectivity index (χ2v) is 8.68. The summed E-state index contributed by atoms with van der Waals surface area (Å²) in [4.78, 5) is 19.4. The van der Waals surface area contributed by atoms with Crippen molar-refractivity contribution in [3.8, 4) is 0 Å². The van der Waals surface area contributed by atoms with E-state index in [1.807, 2.05) is 20.8 Å². The van der Waals surface area contributed by atoms with Crippen LogP contribution in [-0.2, 0) is 9.53 Å². The minimum atomic E-state index is -0.437. The van der Waals surface area contributed by atoms with Crippen LogP contribution in [0.1, 0.15) is 38.7 Å². The zero-order chi connectivity index (χ0) is 17.8. The zero-order valence-corrected chi connectivity index (χ0v) is 15.8. The molecule has 0 spiro atoms. The molecule has 0 amide bonds. The number of ether oxygens (including phenoxy) is 1. The Morgan fingerprint density at radius 3 is 2.80 bits per heavy atom. The quantitative estimate of drug-likeness (QED) is 0.772. The number of fused-ring (bicyclic) bond motifs is 3. The van der Waals surface area contributed by atoms with Crippen LogP contribution in [0.2, 0.25) is 0 Å². The topological polar surface area (TPSA) is 36.0 Å². The minimum Gasteiger partial charge on any atom is -0.449 e. The molecule has 0 radical (unpaired) electrons. The summed E-state index contributed by atoms with van der Waals surface area (Å²) in [5.74, 6) is 0.397. The number of para-hydroxylation sites is 1. The van der Waals surface area contributed by atoms with Gasteiger partial charge in [0.15, 0.2) is 0 Å². The molecule has 5 heteroatoms. The smallest absolute Gasteiger partial charge is 0.312 e. The van der Waals surface area contributed by atoms with Crippen molar-refractivity contribution in [3.63, 3.8) is 0 Å². The third kappa shape index (κ3) is 2.78. The van der Waals surface area contributed by atoms with Crippen molar-refractivity contribution >= 4 is 17.3 Å². The third-order valence-corrected chi connectivity index (χ3v) is 5.87. The van der Waals surface area contributed by atoms with Crippen molar-refractivity contribution < 1.29 is 9.53 Å². The molecule has 1 unspecified atom stereocenters. The van der Waals surface area contributed by atoms with Crippen LogP contribution in [0.15, 0.2) is 18.2 Å². The van der Waals surface area contributed by atoms with E-state index in [0.29, 0.717) is 18.7 Å². The summed E-state index contributed by atoms with van der Waals surface area (Å²) in [5.41, 5.74) is 3.84. The molecule has 1 fully saturated rings. The van der Waals surface area contributed by atoms with Gasteiger partial charge in [0.2, 0.25) is 0 Å². The molecular formula is C20H29N3O2. The highest BCUT2D eigenvalue weighted by Gasteiger charge is 2.44. The molecule has 0 saturated carbocycles. The highest BCUT2D eigenvalue weighted by molar-refractivity contribution is 5.80. The van der Waals surface area contributed by atoms with Crippen LogP contribution in [0.3, 0.4) is 0 Å². The average molecular weight is 343 g/mol. The molecule has 3 aliphatic heterocycles. The summed E-state index contributed by atoms with van der Waals surface area (Å²) in [5, 5.41) is 0. The van der Waals surface area contributed by atoms with Crippen LogP contribution in [0, 0.1) is 5.41 Å². The fourth-order valence-corrected chi connectivity index (χ4v) is 4.46. The maximum Gasteiger partial charge on any atom is 0.312 e. The summed E-state index contributed by atoms with van der Waals surface area (Å²) in [6, 6.07) is 7.32. The monoisotopic (exact) mass is 343 g/mol. The van der Waals surface area contributed by atoms with E-state index in [1.54, 1.807) is 0 Å². The molecular weight excluding hydrogens is 314 g/mol. The molecule has 3 aliphatic rings. The van der Waals surface area contributed by atoms with Crippen LogP contribution in [0.5, 0.6) is 0 Å². The number of likely N-dealkylation sites (tertiary alicyclic amines) is 1. The molecule has 1 aromatic rings. The van der Waals surface area contributed by atoms with Crippen LogP contribution in [0.25, 0.3) is 0 Å². The lowest BCUT2D eigenvalue weighted by Crippen LogP contribution is -2.49. The fraction of sp³-hybridized carbons (Fsp3) is 0.650. The number of carbonyl (C=O) groups is 1. The molecule has 0 bridgehead atoms. The highest BCUT2D eigenvalue weighted by atomic mass is 16.5. The van der Waals surface area contributed by atoms with Gasteiger partial charge in [0.05, 0.1) is 16.8 Å². The van der Waals surface area contributed by atoms with Crippen molar-refractivity contribution in [3.05, 3.63) is 23.8 Å². The largest absolute Gasteiger partial charge is 0.449 e. The van der Waals surface area contributed by atoms with Gasteiger partial charge in [0, 0.05) is 45.2 Å². The number of hydrogen-bond acceptors (Lipinski definition) is 5. The Morgan fingerprint density at radius 1 is 1.24 bits per heavy atom. The number of anilines is 2. The Labute approximate surface area is 150 Å². The van der Waals surface area contributed by atoms with Crippen LogP contribution in [0.4, 0.5) is 11.4 Å². The maximum atomic E-state index is 12.1. The Morgan fingerprint density at radius 2 is 2.04 bits per heavy atom. The SMILES string of the molecule is CN1CCN2c3c(cccc31)[C@@H]1CN(COC(=O)C(C)(C)C)CCC12. The van der Waals surface area contributed by atoms with E-state index in [4.69, 9.17) is 4.74 Å². The summed E-state index contributed by atoms with van der Waals surface area (Å²) < 4.78 is 5.55. The minimum absolute atomic E-state index is 0.120. The van der Waals surface area contributed by atoms with Crippen molar-refractivity contribution in [1.82, 2.24) is 4.90 Å². The molecule has 4 rings (SSSR count). The molecule has 0 aliphatic carbocycles. The molecule has 136 valence electrons. The van der Waals surface area contributed by atoms with Gasteiger partial charge in [-0.15, -0.1) is 0 Å². The number of esters is 1. The van der Waals surface area contributed by atoms with Gasteiger partial charge in [0.25, 0.3) is 0 Å². The normalized spacial score (nSPS) is 25.6. The molecule has 5 nitrogen and oxygen atoms in total. The van der Waals surface area contributed by atoms with E-state index in [2.05, 4.69) is 39.9 Å². The summed E-state index contributed by atoms with van der Waals surface area (Å²) >= 11 is 0. The molecule has 1 saturated heterocycles. The molecule has 0 N–H and O–H groups in total. The van der Waals surface area contributed by atoms with Crippen LogP contribution in [-0.4, -0.2) is 56.9 Å². The maximum absolute atomic E-state index is 12.1. The second-order valence-electron chi connectivity index (χ2n) is 8.68. The van der Waals surface area contributed by atoms with Crippen molar-refractivity contribution in [2.24, 2.45) is 5.41 Å². The van der Waals surface area contributed by atoms with Crippen molar-refractivity contribution in [2.75, 3.05) is 49.8 Å². The first-order chi connectivity index (χ1) is 11.9. The average Bonchev–Trinajstić information content (AvgIpc) is 2.90. The number of piperidine rings is 1. The number of rotatable bonds is 2. The summed E-state index contributed by atoms with van der Waals surface area (Å²) in [7, 11) is 2.19. The van der Waals surface area contributed by atoms with Crippen molar-refractivity contribution in [1.29, 1.82) is 0 Å². The lowest BCUT2D eigenvalue weighted by atomic mass is 9.89. The summed E-state index contributed by atoms with van der Waals surface area (Å²) in [6.45, 7) is 10.3. The van der Waals surface area contributed by atoms with E-state index >= 15 is 0 Å². The van der Waals surface area contributed by atoms with E-state index in [9.17, 15) is 4.79 Å². The van der Waals surface area contributed by atoms with Gasteiger partial charge in [-0.1, -0.05) is 12.1 Å². The summed E-state index contributed by atoms with van der Waals surface area (Å²) in [6.07, 6.45) is 1.13. The Hall–Kier alpha value is -1.75. The molecule has 25 heavy (non-hydrogen) atoms. The lowest BCUT2D eigenvalue weighted by molar-refractivity contribution is -0.158. The Bertz CT molecular complexity index is 682. The van der Waals surface area contributed by atoms with Gasteiger partial charge in [-0.2, -0.15) is 0 Å². The van der Waals surface area contributed by atoms with Gasteiger partial charge in [-0.3, -0.25) is 9.69 Å². The molecule has 0 aromatic heterocycles. The molecule has 1 aromatic carbocycles. The first kappa shape index (κ1) is 16.7. The third-order valence-electron chi connectivity index (χ3n) is 5.87. The standard InChI is InChI=1S/C20H29N3O2/c1-20(2,3)19(24)25-13-22-9-8-16-15(12-22)14-6-5-7-17-18(14)23(16)11-10-21(17)4/h5-7,15-16H,8-13H2,1-4H3/t15-,16?/m0/s1. The Kier molecular flexibility index (Phi) is 3.95. The number of likely N-dealkylation sites (N-methyl/N-ethyl adjacent to an activating group) is 1. The second kappa shape index (κ2) is 5.90. The number of benzene rings is 1. The van der Waals surface area contributed by atoms with E-state index in [1.165, 1.54) is 16.9 Å². The number of hydrogen-bond donors (Lipinski definition) is 0. The Balaban J connectivity index is 1.51. The van der Waals surface area contributed by atoms with Gasteiger partial charge < -0.3 is 14.5 Å². The predicted octanol–water partition coefficient (Wildman–Crippen LogP) is 2.66. The van der Waals surface area contributed by atoms with E-state index < -0.39 is 5.41 Å². The van der Waals surface area contributed by atoms with E-state index in [-0.39, 0.29) is 5.97 Å². The highest BCUT2D eigenvalue weighted by Crippen LogP contribution is 2.50. The van der Waals surface area contributed by atoms with E-state index in [0.717, 1.165) is 32.6 Å². The zero-order valence-electron chi connectivity index (χ0n) is 15.8. The molecule has 2 atom stereocenters. The van der Waals surface area contributed by atoms with Gasteiger partial charge in [0.1, 0.15) is 6.73 Å². The first-order valence-electron chi connectivity index (χ1n) is 9.36. The first-order valence-corrected chi connectivity index (χ1v) is 9.36. The van der Waals surface area contributed by atoms with Gasteiger partial charge in [-0.25, -0.2) is 0 Å². The lowest BCUT2D eigenvalue weighted by Gasteiger charge is -2.41. The fourth-order valence-electron chi connectivity index (χ4n) is 4.46. The number of carbonyl (C=O) groups excluding carboxylic acids is 1. The predicted molar refractivity (Wildman–Crippen MR) is 100 cm³/mol. The van der Waals surface area contributed by atoms with Gasteiger partial charge >= 0.3 is 5.97 Å². The van der Waals surface area contributed by atoms with Crippen LogP contribution < -0.4 is 9.80 Å².